The van der Waals surface area contributed by atoms with Gasteiger partial charge in [-0.2, -0.15) is 0 Å². The monoisotopic (exact) mass is 491 g/mol. The van der Waals surface area contributed by atoms with Gasteiger partial charge < -0.3 is 19.3 Å². The van der Waals surface area contributed by atoms with Crippen LogP contribution in [0.5, 0.6) is 17.2 Å². The molecule has 1 unspecified atom stereocenters. The Bertz CT molecular complexity index is 1330. The second-order valence-electron chi connectivity index (χ2n) is 8.45. The Kier molecular flexibility index (Phi) is 5.86. The van der Waals surface area contributed by atoms with Gasteiger partial charge in [0.05, 0.1) is 17.7 Å². The molecule has 1 saturated heterocycles. The summed E-state index contributed by atoms with van der Waals surface area (Å²) in [7, 11) is 0. The van der Waals surface area contributed by atoms with Crippen LogP contribution in [-0.2, 0) is 9.59 Å². The fourth-order valence-electron chi connectivity index (χ4n) is 4.21. The van der Waals surface area contributed by atoms with Crippen molar-refractivity contribution in [3.8, 4) is 17.2 Å². The first-order valence-electron chi connectivity index (χ1n) is 11.1. The summed E-state index contributed by atoms with van der Waals surface area (Å²) >= 11 is 6.09. The van der Waals surface area contributed by atoms with Gasteiger partial charge in [0.25, 0.3) is 11.7 Å². The standard InChI is InChI=1S/C27H22ClNO6/c1-15(2)35-20-10-5-17(6-11-20)25(30)23-24(16-3-7-18(28)8-4-16)29(27(32)26(23)31)19-9-12-21-22(13-19)34-14-33-21/h3-13,15,24,30H,14H2,1-2H3/b25-23+. The highest BCUT2D eigenvalue weighted by Crippen LogP contribution is 2.45. The fourth-order valence-corrected chi connectivity index (χ4v) is 4.34. The first-order valence-corrected chi connectivity index (χ1v) is 11.4. The lowest BCUT2D eigenvalue weighted by atomic mass is 9.95. The van der Waals surface area contributed by atoms with E-state index in [1.165, 1.54) is 4.90 Å². The van der Waals surface area contributed by atoms with E-state index in [4.69, 9.17) is 25.8 Å². The average molecular weight is 492 g/mol. The molecule has 0 radical (unpaired) electrons. The average Bonchev–Trinajstić information content (AvgIpc) is 3.41. The lowest BCUT2D eigenvalue weighted by Crippen LogP contribution is -2.29. The van der Waals surface area contributed by atoms with E-state index in [1.54, 1.807) is 66.7 Å². The van der Waals surface area contributed by atoms with Crippen molar-refractivity contribution in [3.63, 3.8) is 0 Å². The molecule has 1 fully saturated rings. The van der Waals surface area contributed by atoms with Crippen LogP contribution in [0.1, 0.15) is 31.0 Å². The lowest BCUT2D eigenvalue weighted by Gasteiger charge is -2.25. The van der Waals surface area contributed by atoms with Gasteiger partial charge >= 0.3 is 0 Å². The van der Waals surface area contributed by atoms with Gasteiger partial charge in [0.2, 0.25) is 6.79 Å². The highest BCUT2D eigenvalue weighted by Gasteiger charge is 2.47. The minimum absolute atomic E-state index is 0.00798. The SMILES string of the molecule is CC(C)Oc1ccc(/C(O)=C2\C(=O)C(=O)N(c3ccc4c(c3)OCO4)C2c2ccc(Cl)cc2)cc1. The van der Waals surface area contributed by atoms with Crippen molar-refractivity contribution in [3.05, 3.63) is 88.5 Å². The molecule has 0 spiro atoms. The van der Waals surface area contributed by atoms with E-state index in [0.717, 1.165) is 0 Å². The molecular weight excluding hydrogens is 470 g/mol. The number of ketones is 1. The third-order valence-corrected chi connectivity index (χ3v) is 6.02. The van der Waals surface area contributed by atoms with Gasteiger partial charge in [-0.15, -0.1) is 0 Å². The van der Waals surface area contributed by atoms with Crippen LogP contribution in [-0.4, -0.2) is 29.7 Å². The number of hydrogen-bond acceptors (Lipinski definition) is 6. The number of benzene rings is 3. The summed E-state index contributed by atoms with van der Waals surface area (Å²) in [6.07, 6.45) is -0.00798. The van der Waals surface area contributed by atoms with E-state index in [1.807, 2.05) is 13.8 Å². The third kappa shape index (κ3) is 4.19. The highest BCUT2D eigenvalue weighted by molar-refractivity contribution is 6.51. The fraction of sp³-hybridized carbons (Fsp3) is 0.185. The highest BCUT2D eigenvalue weighted by atomic mass is 35.5. The maximum absolute atomic E-state index is 13.3. The Morgan fingerprint density at radius 1 is 1.00 bits per heavy atom. The Balaban J connectivity index is 1.63. The number of fused-ring (bicyclic) bond motifs is 1. The molecule has 1 atom stereocenters. The Morgan fingerprint density at radius 2 is 1.69 bits per heavy atom. The second kappa shape index (κ2) is 9.00. The first-order chi connectivity index (χ1) is 16.8. The summed E-state index contributed by atoms with van der Waals surface area (Å²) in [5, 5.41) is 11.8. The molecule has 178 valence electrons. The van der Waals surface area contributed by atoms with Crippen LogP contribution in [0.25, 0.3) is 5.76 Å². The molecule has 2 aliphatic heterocycles. The van der Waals surface area contributed by atoms with E-state index < -0.39 is 17.7 Å². The molecule has 2 aliphatic rings. The molecule has 1 amide bonds. The molecular formula is C27H22ClNO6. The first kappa shape index (κ1) is 22.8. The number of carbonyl (C=O) groups excluding carboxylic acids is 2. The number of amides is 1. The molecule has 35 heavy (non-hydrogen) atoms. The number of rotatable bonds is 5. The maximum atomic E-state index is 13.3. The molecule has 1 N–H and O–H groups in total. The zero-order valence-electron chi connectivity index (χ0n) is 19.0. The molecule has 0 saturated carbocycles. The second-order valence-corrected chi connectivity index (χ2v) is 8.89. The Labute approximate surface area is 207 Å². The molecule has 0 aliphatic carbocycles. The van der Waals surface area contributed by atoms with Crippen LogP contribution in [0, 0.1) is 0 Å². The Hall–Kier alpha value is -3.97. The zero-order valence-corrected chi connectivity index (χ0v) is 19.8. The predicted molar refractivity (Wildman–Crippen MR) is 131 cm³/mol. The zero-order chi connectivity index (χ0) is 24.7. The van der Waals surface area contributed by atoms with Crippen LogP contribution in [0.15, 0.2) is 72.3 Å². The number of aliphatic hydroxyl groups excluding tert-OH is 1. The van der Waals surface area contributed by atoms with E-state index in [-0.39, 0.29) is 24.2 Å². The van der Waals surface area contributed by atoms with Crippen molar-refractivity contribution in [1.82, 2.24) is 0 Å². The predicted octanol–water partition coefficient (Wildman–Crippen LogP) is 5.48. The van der Waals surface area contributed by atoms with Crippen molar-refractivity contribution >= 4 is 34.7 Å². The summed E-state index contributed by atoms with van der Waals surface area (Å²) in [6, 6.07) is 17.7. The molecule has 8 heteroatoms. The minimum atomic E-state index is -0.876. The number of nitrogens with zero attached hydrogens (tertiary/aromatic N) is 1. The molecule has 0 bridgehead atoms. The molecule has 7 nitrogen and oxygen atoms in total. The number of anilines is 1. The summed E-state index contributed by atoms with van der Waals surface area (Å²) in [4.78, 5) is 27.9. The molecule has 3 aromatic carbocycles. The third-order valence-electron chi connectivity index (χ3n) is 5.76. The number of ether oxygens (including phenoxy) is 3. The van der Waals surface area contributed by atoms with E-state index >= 15 is 0 Å². The quantitative estimate of drug-likeness (QED) is 0.289. The van der Waals surface area contributed by atoms with Crippen LogP contribution in [0.4, 0.5) is 5.69 Å². The van der Waals surface area contributed by atoms with Gasteiger partial charge in [0.15, 0.2) is 11.5 Å². The van der Waals surface area contributed by atoms with Crippen LogP contribution in [0.2, 0.25) is 5.02 Å². The normalized spacial score (nSPS) is 18.4. The van der Waals surface area contributed by atoms with Crippen molar-refractivity contribution < 1.29 is 28.9 Å². The number of hydrogen-bond donors (Lipinski definition) is 1. The maximum Gasteiger partial charge on any atom is 0.300 e. The van der Waals surface area contributed by atoms with Gasteiger partial charge in [0, 0.05) is 22.3 Å². The smallest absolute Gasteiger partial charge is 0.300 e. The van der Waals surface area contributed by atoms with E-state index in [9.17, 15) is 14.7 Å². The number of Topliss-reactive ketones (excluding diaryl/α,β-unsaturated/α-hetero) is 1. The number of aliphatic hydroxyl groups is 1. The van der Waals surface area contributed by atoms with Gasteiger partial charge in [0.1, 0.15) is 11.5 Å². The van der Waals surface area contributed by atoms with Crippen molar-refractivity contribution in [2.24, 2.45) is 0 Å². The van der Waals surface area contributed by atoms with Gasteiger partial charge in [-0.05, 0) is 67.9 Å². The van der Waals surface area contributed by atoms with Crippen LogP contribution < -0.4 is 19.1 Å². The summed E-state index contributed by atoms with van der Waals surface area (Å²) < 4.78 is 16.5. The van der Waals surface area contributed by atoms with Gasteiger partial charge in [-0.1, -0.05) is 23.7 Å². The van der Waals surface area contributed by atoms with Gasteiger partial charge in [-0.3, -0.25) is 14.5 Å². The van der Waals surface area contributed by atoms with Gasteiger partial charge in [-0.25, -0.2) is 0 Å². The van der Waals surface area contributed by atoms with Crippen molar-refractivity contribution in [1.29, 1.82) is 0 Å². The van der Waals surface area contributed by atoms with Crippen LogP contribution >= 0.6 is 11.6 Å². The number of carbonyl (C=O) groups is 2. The molecule has 5 rings (SSSR count). The van der Waals surface area contributed by atoms with E-state index in [0.29, 0.717) is 39.1 Å². The summed E-state index contributed by atoms with van der Waals surface area (Å²) in [6.45, 7) is 3.91. The molecule has 2 heterocycles. The van der Waals surface area contributed by atoms with Crippen molar-refractivity contribution in [2.75, 3.05) is 11.7 Å². The largest absolute Gasteiger partial charge is 0.507 e. The minimum Gasteiger partial charge on any atom is -0.507 e. The summed E-state index contributed by atoms with van der Waals surface area (Å²) in [5.41, 5.74) is 1.43. The van der Waals surface area contributed by atoms with E-state index in [2.05, 4.69) is 0 Å². The Morgan fingerprint density at radius 3 is 2.37 bits per heavy atom. The molecule has 3 aromatic rings. The lowest BCUT2D eigenvalue weighted by molar-refractivity contribution is -0.132. The number of halogens is 1. The summed E-state index contributed by atoms with van der Waals surface area (Å²) in [5.74, 6) is -0.168. The van der Waals surface area contributed by atoms with Crippen molar-refractivity contribution in [2.45, 2.75) is 26.0 Å². The molecule has 0 aromatic heterocycles. The topological polar surface area (TPSA) is 85.3 Å². The van der Waals surface area contributed by atoms with Crippen LogP contribution in [0.3, 0.4) is 0 Å².